The van der Waals surface area contributed by atoms with Crippen molar-refractivity contribution in [1.82, 2.24) is 4.90 Å². The highest BCUT2D eigenvalue weighted by Crippen LogP contribution is 2.31. The zero-order chi connectivity index (χ0) is 16.8. The second-order valence-corrected chi connectivity index (χ2v) is 6.86. The highest BCUT2D eigenvalue weighted by Gasteiger charge is 2.33. The quantitative estimate of drug-likeness (QED) is 0.748. The molecule has 0 spiro atoms. The van der Waals surface area contributed by atoms with Crippen LogP contribution in [0, 0.1) is 0 Å². The van der Waals surface area contributed by atoms with E-state index >= 15 is 0 Å². The molecular formula is C18H19NO4. The lowest BCUT2D eigenvalue weighted by atomic mass is 9.97. The minimum Gasteiger partial charge on any atom is -0.444 e. The topological polar surface area (TPSA) is 63.7 Å². The first-order valence-electron chi connectivity index (χ1n) is 7.63. The van der Waals surface area contributed by atoms with Gasteiger partial charge in [-0.25, -0.2) is 4.79 Å². The largest absolute Gasteiger partial charge is 0.444 e. The summed E-state index contributed by atoms with van der Waals surface area (Å²) in [6.45, 7) is 6.29. The van der Waals surface area contributed by atoms with Gasteiger partial charge in [0.2, 0.25) is 11.6 Å². The zero-order valence-electron chi connectivity index (χ0n) is 13.5. The monoisotopic (exact) mass is 313 g/mol. The number of ketones is 2. The Labute approximate surface area is 134 Å². The molecule has 1 amide bonds. The highest BCUT2D eigenvalue weighted by atomic mass is 16.6. The molecule has 1 aliphatic heterocycles. The van der Waals surface area contributed by atoms with Crippen molar-refractivity contribution in [1.29, 1.82) is 0 Å². The first-order chi connectivity index (χ1) is 10.8. The van der Waals surface area contributed by atoms with Crippen molar-refractivity contribution >= 4 is 23.2 Å². The number of amides is 1. The number of hydrogen-bond acceptors (Lipinski definition) is 4. The first kappa shape index (κ1) is 15.5. The molecule has 0 fully saturated rings. The summed E-state index contributed by atoms with van der Waals surface area (Å²) in [7, 11) is 0. The number of benzene rings is 1. The van der Waals surface area contributed by atoms with Crippen LogP contribution in [0.5, 0.6) is 0 Å². The number of fused-ring (bicyclic) bond motifs is 1. The third-order valence-corrected chi connectivity index (χ3v) is 3.90. The van der Waals surface area contributed by atoms with Gasteiger partial charge < -0.3 is 9.64 Å². The number of hydrogen-bond donors (Lipinski definition) is 0. The molecule has 1 aromatic rings. The van der Waals surface area contributed by atoms with Crippen molar-refractivity contribution in [2.45, 2.75) is 32.8 Å². The molecule has 0 bridgehead atoms. The van der Waals surface area contributed by atoms with Crippen LogP contribution in [0.4, 0.5) is 4.79 Å². The normalized spacial score (nSPS) is 17.3. The van der Waals surface area contributed by atoms with Crippen LogP contribution in [-0.4, -0.2) is 41.3 Å². The van der Waals surface area contributed by atoms with Crippen LogP contribution in [0.3, 0.4) is 0 Å². The lowest BCUT2D eigenvalue weighted by Gasteiger charge is -2.24. The SMILES string of the molecule is CC(C)(C)OC(=O)N1CC=C(c2cccc3c2C(=O)C(=O)C3)C1. The number of Topliss-reactive ketones (excluding diaryl/α,β-unsaturated/α-hetero) is 2. The molecule has 5 nitrogen and oxygen atoms in total. The molecule has 2 aliphatic rings. The van der Waals surface area contributed by atoms with Gasteiger partial charge in [-0.05, 0) is 37.5 Å². The van der Waals surface area contributed by atoms with E-state index in [1.54, 1.807) is 4.90 Å². The maximum Gasteiger partial charge on any atom is 0.410 e. The summed E-state index contributed by atoms with van der Waals surface area (Å²) in [6.07, 6.45) is 1.71. The van der Waals surface area contributed by atoms with Crippen LogP contribution >= 0.6 is 0 Å². The van der Waals surface area contributed by atoms with Gasteiger partial charge in [0.1, 0.15) is 5.60 Å². The molecule has 0 radical (unpaired) electrons. The average Bonchev–Trinajstić information content (AvgIpc) is 3.03. The molecule has 0 N–H and O–H groups in total. The predicted octanol–water partition coefficient (Wildman–Crippen LogP) is 2.63. The molecule has 5 heteroatoms. The van der Waals surface area contributed by atoms with E-state index < -0.39 is 11.4 Å². The molecule has 3 rings (SSSR count). The Morgan fingerprint density at radius 2 is 1.96 bits per heavy atom. The summed E-state index contributed by atoms with van der Waals surface area (Å²) in [4.78, 5) is 37.5. The summed E-state index contributed by atoms with van der Waals surface area (Å²) in [5.41, 5.74) is 2.36. The van der Waals surface area contributed by atoms with E-state index in [4.69, 9.17) is 4.74 Å². The van der Waals surface area contributed by atoms with Gasteiger partial charge in [0.25, 0.3) is 0 Å². The van der Waals surface area contributed by atoms with Crippen molar-refractivity contribution in [3.8, 4) is 0 Å². The minimum atomic E-state index is -0.545. The number of carbonyl (C=O) groups is 3. The Bertz CT molecular complexity index is 740. The lowest BCUT2D eigenvalue weighted by molar-refractivity contribution is -0.114. The van der Waals surface area contributed by atoms with Crippen LogP contribution in [0.15, 0.2) is 24.3 Å². The lowest BCUT2D eigenvalue weighted by Crippen LogP contribution is -2.35. The molecule has 1 aliphatic carbocycles. The molecule has 23 heavy (non-hydrogen) atoms. The Balaban J connectivity index is 1.81. The molecule has 1 aromatic carbocycles. The summed E-state index contributed by atoms with van der Waals surface area (Å²) >= 11 is 0. The molecule has 1 heterocycles. The Morgan fingerprint density at radius 1 is 1.22 bits per heavy atom. The van der Waals surface area contributed by atoms with E-state index in [-0.39, 0.29) is 18.3 Å². The number of carbonyl (C=O) groups excluding carboxylic acids is 3. The van der Waals surface area contributed by atoms with Crippen molar-refractivity contribution in [3.05, 3.63) is 41.0 Å². The van der Waals surface area contributed by atoms with Crippen LogP contribution in [0.25, 0.3) is 5.57 Å². The minimum absolute atomic E-state index is 0.172. The maximum absolute atomic E-state index is 12.1. The maximum atomic E-state index is 12.1. The van der Waals surface area contributed by atoms with Crippen molar-refractivity contribution in [2.75, 3.05) is 13.1 Å². The average molecular weight is 313 g/mol. The number of ether oxygens (including phenoxy) is 1. The second-order valence-electron chi connectivity index (χ2n) is 6.86. The van der Waals surface area contributed by atoms with Crippen LogP contribution in [-0.2, 0) is 16.0 Å². The molecule has 0 atom stereocenters. The van der Waals surface area contributed by atoms with Crippen LogP contribution < -0.4 is 0 Å². The Hall–Kier alpha value is -2.43. The van der Waals surface area contributed by atoms with Gasteiger partial charge in [-0.3, -0.25) is 9.59 Å². The fourth-order valence-corrected chi connectivity index (χ4v) is 2.89. The van der Waals surface area contributed by atoms with Crippen molar-refractivity contribution < 1.29 is 19.1 Å². The Morgan fingerprint density at radius 3 is 2.65 bits per heavy atom. The van der Waals surface area contributed by atoms with Gasteiger partial charge in [-0.1, -0.05) is 24.3 Å². The van der Waals surface area contributed by atoms with Gasteiger partial charge in [0, 0.05) is 25.1 Å². The highest BCUT2D eigenvalue weighted by molar-refractivity contribution is 6.48. The van der Waals surface area contributed by atoms with Gasteiger partial charge in [-0.2, -0.15) is 0 Å². The van der Waals surface area contributed by atoms with Crippen molar-refractivity contribution in [3.63, 3.8) is 0 Å². The van der Waals surface area contributed by atoms with E-state index in [1.807, 2.05) is 45.0 Å². The fraction of sp³-hybridized carbons (Fsp3) is 0.389. The van der Waals surface area contributed by atoms with E-state index in [0.717, 1.165) is 16.7 Å². The van der Waals surface area contributed by atoms with Gasteiger partial charge in [0.15, 0.2) is 0 Å². The Kier molecular flexibility index (Phi) is 3.59. The van der Waals surface area contributed by atoms with Crippen LogP contribution in [0.2, 0.25) is 0 Å². The van der Waals surface area contributed by atoms with Gasteiger partial charge in [-0.15, -0.1) is 0 Å². The fourth-order valence-electron chi connectivity index (χ4n) is 2.89. The first-order valence-corrected chi connectivity index (χ1v) is 7.63. The number of rotatable bonds is 1. The summed E-state index contributed by atoms with van der Waals surface area (Å²) < 4.78 is 5.37. The molecular weight excluding hydrogens is 294 g/mol. The van der Waals surface area contributed by atoms with E-state index in [2.05, 4.69) is 0 Å². The molecule has 0 saturated heterocycles. The third kappa shape index (κ3) is 2.91. The number of nitrogens with zero attached hydrogens (tertiary/aromatic N) is 1. The van der Waals surface area contributed by atoms with E-state index in [0.29, 0.717) is 18.7 Å². The standard InChI is InChI=1S/C18H19NO4/c1-18(2,3)23-17(22)19-8-7-12(10-19)13-6-4-5-11-9-14(20)16(21)15(11)13/h4-7H,8-10H2,1-3H3. The van der Waals surface area contributed by atoms with E-state index in [1.165, 1.54) is 0 Å². The van der Waals surface area contributed by atoms with E-state index in [9.17, 15) is 14.4 Å². The van der Waals surface area contributed by atoms with Crippen molar-refractivity contribution in [2.24, 2.45) is 0 Å². The summed E-state index contributed by atoms with van der Waals surface area (Å²) in [6, 6.07) is 5.49. The molecule has 120 valence electrons. The smallest absolute Gasteiger partial charge is 0.410 e. The summed E-state index contributed by atoms with van der Waals surface area (Å²) in [5, 5.41) is 0. The molecule has 0 saturated carbocycles. The van der Waals surface area contributed by atoms with Crippen LogP contribution in [0.1, 0.15) is 42.3 Å². The predicted molar refractivity (Wildman–Crippen MR) is 85.3 cm³/mol. The zero-order valence-corrected chi connectivity index (χ0v) is 13.5. The second kappa shape index (κ2) is 5.33. The van der Waals surface area contributed by atoms with Gasteiger partial charge >= 0.3 is 6.09 Å². The molecule has 0 unspecified atom stereocenters. The third-order valence-electron chi connectivity index (χ3n) is 3.90. The van der Waals surface area contributed by atoms with Gasteiger partial charge in [0.05, 0.1) is 0 Å². The summed E-state index contributed by atoms with van der Waals surface area (Å²) in [5.74, 6) is -0.790. The molecule has 0 aromatic heterocycles.